The Labute approximate surface area is 149 Å². The summed E-state index contributed by atoms with van der Waals surface area (Å²) in [5, 5.41) is 19.8. The number of methoxy groups -OCH3 is 2. The summed E-state index contributed by atoms with van der Waals surface area (Å²) in [6.07, 6.45) is 2.14. The molecule has 2 fully saturated rings. The normalized spacial score (nSPS) is 39.1. The van der Waals surface area contributed by atoms with Crippen molar-refractivity contribution in [2.24, 2.45) is 11.5 Å². The van der Waals surface area contributed by atoms with Crippen molar-refractivity contribution in [1.82, 2.24) is 0 Å². The molecule has 0 amide bonds. The Balaban J connectivity index is 1.73. The first-order chi connectivity index (χ1) is 11.9. The largest absolute Gasteiger partial charge is 0.393 e. The van der Waals surface area contributed by atoms with Crippen molar-refractivity contribution in [2.75, 3.05) is 14.2 Å². The number of hydrogen-bond acceptors (Lipinski definition) is 8. The summed E-state index contributed by atoms with van der Waals surface area (Å²) in [4.78, 5) is 0. The maximum atomic E-state index is 9.89. The number of aliphatic hydroxyl groups excluding tert-OH is 2. The maximum absolute atomic E-state index is 9.89. The SMILES string of the molecule is COC1C[C@@H](O)C[C@@H](C[C@H](N)C[C@H](N)C[C@@H]2C[C@H](O)CC(OC)O2)O1. The van der Waals surface area contributed by atoms with Gasteiger partial charge in [-0.15, -0.1) is 0 Å². The average molecular weight is 362 g/mol. The van der Waals surface area contributed by atoms with E-state index in [-0.39, 0.29) is 36.9 Å². The highest BCUT2D eigenvalue weighted by Gasteiger charge is 2.32. The van der Waals surface area contributed by atoms with Crippen LogP contribution in [0.4, 0.5) is 0 Å². The highest BCUT2D eigenvalue weighted by Crippen LogP contribution is 2.26. The molecule has 0 aromatic rings. The van der Waals surface area contributed by atoms with Crippen LogP contribution in [0.2, 0.25) is 0 Å². The lowest BCUT2D eigenvalue weighted by Crippen LogP contribution is -2.43. The number of rotatable bonds is 8. The molecular formula is C17H34N2O6. The van der Waals surface area contributed by atoms with Crippen molar-refractivity contribution in [1.29, 1.82) is 0 Å². The van der Waals surface area contributed by atoms with Gasteiger partial charge in [0.2, 0.25) is 0 Å². The van der Waals surface area contributed by atoms with Gasteiger partial charge in [-0.25, -0.2) is 0 Å². The number of ether oxygens (including phenoxy) is 4. The Morgan fingerprint density at radius 1 is 0.840 bits per heavy atom. The van der Waals surface area contributed by atoms with Crippen LogP contribution in [-0.2, 0) is 18.9 Å². The monoisotopic (exact) mass is 362 g/mol. The summed E-state index contributed by atoms with van der Waals surface area (Å²) in [5.74, 6) is 0. The summed E-state index contributed by atoms with van der Waals surface area (Å²) in [7, 11) is 3.14. The molecule has 0 aromatic heterocycles. The zero-order chi connectivity index (χ0) is 18.4. The summed E-state index contributed by atoms with van der Waals surface area (Å²) < 4.78 is 21.9. The Hall–Kier alpha value is -0.320. The van der Waals surface area contributed by atoms with Crippen LogP contribution in [0.5, 0.6) is 0 Å². The molecule has 0 aromatic carbocycles. The zero-order valence-corrected chi connectivity index (χ0v) is 15.3. The van der Waals surface area contributed by atoms with E-state index < -0.39 is 12.2 Å². The van der Waals surface area contributed by atoms with E-state index in [4.69, 9.17) is 30.4 Å². The molecule has 2 aliphatic rings. The van der Waals surface area contributed by atoms with Crippen LogP contribution in [0.15, 0.2) is 0 Å². The molecule has 0 saturated carbocycles. The van der Waals surface area contributed by atoms with Crippen LogP contribution >= 0.6 is 0 Å². The Morgan fingerprint density at radius 3 is 1.60 bits per heavy atom. The lowest BCUT2D eigenvalue weighted by Gasteiger charge is -2.35. The van der Waals surface area contributed by atoms with E-state index in [0.29, 0.717) is 44.9 Å². The van der Waals surface area contributed by atoms with Crippen molar-refractivity contribution in [2.45, 2.75) is 94.0 Å². The number of nitrogens with two attached hydrogens (primary N) is 2. The minimum absolute atomic E-state index is 0.124. The van der Waals surface area contributed by atoms with Crippen molar-refractivity contribution in [3.05, 3.63) is 0 Å². The van der Waals surface area contributed by atoms with Gasteiger partial charge in [-0.3, -0.25) is 0 Å². The summed E-state index contributed by atoms with van der Waals surface area (Å²) in [6, 6.07) is -0.260. The fourth-order valence-corrected chi connectivity index (χ4v) is 3.76. The first-order valence-electron chi connectivity index (χ1n) is 9.13. The molecule has 8 heteroatoms. The third-order valence-corrected chi connectivity index (χ3v) is 4.95. The number of hydrogen-bond donors (Lipinski definition) is 4. The van der Waals surface area contributed by atoms with Crippen LogP contribution in [-0.4, -0.2) is 73.5 Å². The highest BCUT2D eigenvalue weighted by atomic mass is 16.7. The fourth-order valence-electron chi connectivity index (χ4n) is 3.76. The molecule has 8 nitrogen and oxygen atoms in total. The molecule has 2 aliphatic heterocycles. The van der Waals surface area contributed by atoms with Gasteiger partial charge in [0, 0.05) is 39.1 Å². The second-order valence-corrected chi connectivity index (χ2v) is 7.32. The molecule has 0 aliphatic carbocycles. The van der Waals surface area contributed by atoms with E-state index >= 15 is 0 Å². The molecule has 25 heavy (non-hydrogen) atoms. The maximum Gasteiger partial charge on any atom is 0.160 e. The van der Waals surface area contributed by atoms with Crippen LogP contribution in [0.1, 0.15) is 44.9 Å². The third-order valence-electron chi connectivity index (χ3n) is 4.95. The van der Waals surface area contributed by atoms with Crippen LogP contribution < -0.4 is 11.5 Å². The average Bonchev–Trinajstić information content (AvgIpc) is 2.53. The van der Waals surface area contributed by atoms with Gasteiger partial charge in [0.25, 0.3) is 0 Å². The first-order valence-corrected chi connectivity index (χ1v) is 9.13. The van der Waals surface area contributed by atoms with Gasteiger partial charge in [-0.1, -0.05) is 0 Å². The Bertz CT molecular complexity index is 354. The van der Waals surface area contributed by atoms with Gasteiger partial charge in [0.1, 0.15) is 0 Å². The Morgan fingerprint density at radius 2 is 1.24 bits per heavy atom. The third kappa shape index (κ3) is 7.07. The first kappa shape index (κ1) is 21.0. The van der Waals surface area contributed by atoms with Crippen LogP contribution in [0.3, 0.4) is 0 Å². The van der Waals surface area contributed by atoms with Gasteiger partial charge in [-0.05, 0) is 32.1 Å². The predicted octanol–water partition coefficient (Wildman–Crippen LogP) is -0.164. The second-order valence-electron chi connectivity index (χ2n) is 7.32. The van der Waals surface area contributed by atoms with Gasteiger partial charge in [-0.2, -0.15) is 0 Å². The molecule has 2 rings (SSSR count). The van der Waals surface area contributed by atoms with Crippen molar-refractivity contribution in [3.63, 3.8) is 0 Å². The molecular weight excluding hydrogens is 328 g/mol. The van der Waals surface area contributed by atoms with Crippen LogP contribution in [0.25, 0.3) is 0 Å². The van der Waals surface area contributed by atoms with Gasteiger partial charge < -0.3 is 40.6 Å². The lowest BCUT2D eigenvalue weighted by atomic mass is 9.93. The fraction of sp³-hybridized carbons (Fsp3) is 1.00. The van der Waals surface area contributed by atoms with Gasteiger partial charge >= 0.3 is 0 Å². The van der Waals surface area contributed by atoms with E-state index in [1.807, 2.05) is 0 Å². The quantitative estimate of drug-likeness (QED) is 0.469. The molecule has 2 heterocycles. The molecule has 2 saturated heterocycles. The number of aliphatic hydroxyl groups is 2. The molecule has 0 bridgehead atoms. The topological polar surface area (TPSA) is 129 Å². The Kier molecular flexibility index (Phi) is 8.50. The predicted molar refractivity (Wildman–Crippen MR) is 91.6 cm³/mol. The van der Waals surface area contributed by atoms with Crippen molar-refractivity contribution >= 4 is 0 Å². The van der Waals surface area contributed by atoms with Crippen molar-refractivity contribution in [3.8, 4) is 0 Å². The van der Waals surface area contributed by atoms with E-state index in [0.717, 1.165) is 0 Å². The lowest BCUT2D eigenvalue weighted by molar-refractivity contribution is -0.206. The van der Waals surface area contributed by atoms with E-state index in [1.165, 1.54) is 0 Å². The van der Waals surface area contributed by atoms with Gasteiger partial charge in [0.15, 0.2) is 12.6 Å². The summed E-state index contributed by atoms with van der Waals surface area (Å²) in [5.41, 5.74) is 12.5. The smallest absolute Gasteiger partial charge is 0.160 e. The molecule has 148 valence electrons. The zero-order valence-electron chi connectivity index (χ0n) is 15.3. The molecule has 8 atom stereocenters. The minimum atomic E-state index is -0.423. The van der Waals surface area contributed by atoms with Gasteiger partial charge in [0.05, 0.1) is 24.4 Å². The standard InChI is InChI=1S/C17H34N2O6/c1-22-16-8-12(20)6-14(24-16)4-10(18)3-11(19)5-15-7-13(21)9-17(23-2)25-15/h10-17,20-21H,3-9,18-19H2,1-2H3/t10-,11+,12-,13-,14+,15+,16?,17?/m0/s1. The van der Waals surface area contributed by atoms with Crippen molar-refractivity contribution < 1.29 is 29.2 Å². The summed E-state index contributed by atoms with van der Waals surface area (Å²) >= 11 is 0. The van der Waals surface area contributed by atoms with Crippen LogP contribution in [0, 0.1) is 0 Å². The highest BCUT2D eigenvalue weighted by molar-refractivity contribution is 4.82. The van der Waals surface area contributed by atoms with E-state index in [9.17, 15) is 10.2 Å². The second kappa shape index (κ2) is 10.1. The molecule has 6 N–H and O–H groups in total. The van der Waals surface area contributed by atoms with E-state index in [1.54, 1.807) is 14.2 Å². The summed E-state index contributed by atoms with van der Waals surface area (Å²) in [6.45, 7) is 0. The molecule has 2 unspecified atom stereocenters. The minimum Gasteiger partial charge on any atom is -0.393 e. The molecule has 0 radical (unpaired) electrons. The van der Waals surface area contributed by atoms with E-state index in [2.05, 4.69) is 0 Å². The molecule has 0 spiro atoms.